The summed E-state index contributed by atoms with van der Waals surface area (Å²) < 4.78 is 4.12. The number of carbonyl (C=O) groups is 1. The predicted molar refractivity (Wildman–Crippen MR) is 117 cm³/mol. The molecular weight excluding hydrogens is 374 g/mol. The van der Waals surface area contributed by atoms with Crippen molar-refractivity contribution in [2.45, 2.75) is 25.6 Å². The Morgan fingerprint density at radius 2 is 1.53 bits per heavy atom. The van der Waals surface area contributed by atoms with Gasteiger partial charge >= 0.3 is 0 Å². The number of carbonyl (C=O) groups excluding carboxylic acids is 1. The first-order chi connectivity index (χ1) is 14.7. The van der Waals surface area contributed by atoms with Crippen molar-refractivity contribution in [1.29, 1.82) is 0 Å². The first-order valence-electron chi connectivity index (χ1n) is 10.2. The van der Waals surface area contributed by atoms with Crippen LogP contribution in [0.5, 0.6) is 0 Å². The first kappa shape index (κ1) is 19.9. The maximum absolute atomic E-state index is 12.7. The molecule has 5 nitrogen and oxygen atoms in total. The Hall–Kier alpha value is -3.44. The van der Waals surface area contributed by atoms with Gasteiger partial charge in [0.15, 0.2) is 17.6 Å². The highest BCUT2D eigenvalue weighted by molar-refractivity contribution is 5.79. The average molecular weight is 401 g/mol. The number of aliphatic hydroxyl groups is 1. The third-order valence-electron chi connectivity index (χ3n) is 5.20. The number of benzene rings is 3. The largest absolute Gasteiger partial charge is 0.394 e. The van der Waals surface area contributed by atoms with Crippen LogP contribution in [0.4, 0.5) is 0 Å². The van der Waals surface area contributed by atoms with Crippen LogP contribution in [0.15, 0.2) is 91.3 Å². The highest BCUT2D eigenvalue weighted by Gasteiger charge is 2.19. The van der Waals surface area contributed by atoms with Gasteiger partial charge in [0.1, 0.15) is 6.54 Å². The van der Waals surface area contributed by atoms with E-state index in [4.69, 9.17) is 0 Å². The lowest BCUT2D eigenvalue weighted by atomic mass is 10.1. The number of amides is 1. The van der Waals surface area contributed by atoms with E-state index >= 15 is 0 Å². The number of fused-ring (bicyclic) bond motifs is 1. The second-order valence-electron chi connectivity index (χ2n) is 7.48. The summed E-state index contributed by atoms with van der Waals surface area (Å²) in [5.41, 5.74) is 4.38. The van der Waals surface area contributed by atoms with E-state index in [1.54, 1.807) is 0 Å². The molecule has 0 bridgehead atoms. The minimum absolute atomic E-state index is 0.0962. The molecule has 1 aromatic heterocycles. The molecule has 0 fully saturated rings. The van der Waals surface area contributed by atoms with Crippen LogP contribution >= 0.6 is 0 Å². The summed E-state index contributed by atoms with van der Waals surface area (Å²) in [5.74, 6) is -0.113. The fourth-order valence-electron chi connectivity index (χ4n) is 3.76. The number of para-hydroxylation sites is 2. The number of nitrogens with one attached hydrogen (secondary N) is 1. The smallest absolute Gasteiger partial charge is 0.262 e. The summed E-state index contributed by atoms with van der Waals surface area (Å²) in [6.45, 7) is 0.845. The summed E-state index contributed by atoms with van der Waals surface area (Å²) in [6, 6.07) is 27.9. The van der Waals surface area contributed by atoms with E-state index in [0.717, 1.165) is 23.1 Å². The SMILES string of the molecule is O=C(Cn1c[n+](Cc2ccccc2)c2ccccc21)N[C@H](CO)Cc1ccccc1. The van der Waals surface area contributed by atoms with Crippen molar-refractivity contribution >= 4 is 16.9 Å². The van der Waals surface area contributed by atoms with Crippen LogP contribution in [-0.4, -0.2) is 28.2 Å². The molecule has 0 unspecified atom stereocenters. The molecule has 0 spiro atoms. The molecule has 1 atom stereocenters. The highest BCUT2D eigenvalue weighted by Crippen LogP contribution is 2.12. The van der Waals surface area contributed by atoms with Gasteiger partial charge in [0, 0.05) is 0 Å². The molecule has 0 saturated heterocycles. The summed E-state index contributed by atoms with van der Waals surface area (Å²) in [6.07, 6.45) is 2.59. The second-order valence-corrected chi connectivity index (χ2v) is 7.48. The molecule has 152 valence electrons. The Balaban J connectivity index is 1.49. The highest BCUT2D eigenvalue weighted by atomic mass is 16.3. The average Bonchev–Trinajstić information content (AvgIpc) is 3.12. The zero-order valence-electron chi connectivity index (χ0n) is 16.8. The Kier molecular flexibility index (Phi) is 6.20. The van der Waals surface area contributed by atoms with Crippen molar-refractivity contribution in [3.05, 3.63) is 102 Å². The lowest BCUT2D eigenvalue weighted by molar-refractivity contribution is -0.663. The van der Waals surface area contributed by atoms with E-state index in [0.29, 0.717) is 6.42 Å². The van der Waals surface area contributed by atoms with Gasteiger partial charge < -0.3 is 10.4 Å². The lowest BCUT2D eigenvalue weighted by Gasteiger charge is -2.15. The molecule has 1 amide bonds. The molecule has 1 heterocycles. The minimum Gasteiger partial charge on any atom is -0.394 e. The fourth-order valence-corrected chi connectivity index (χ4v) is 3.76. The van der Waals surface area contributed by atoms with E-state index in [1.165, 1.54) is 5.56 Å². The van der Waals surface area contributed by atoms with Gasteiger partial charge in [0.05, 0.1) is 12.6 Å². The van der Waals surface area contributed by atoms with Crippen molar-refractivity contribution < 1.29 is 14.5 Å². The molecule has 4 rings (SSSR count). The third-order valence-corrected chi connectivity index (χ3v) is 5.20. The number of imidazole rings is 1. The Morgan fingerprint density at radius 1 is 0.900 bits per heavy atom. The van der Waals surface area contributed by atoms with Crippen molar-refractivity contribution in [3.63, 3.8) is 0 Å². The number of hydrogen-bond donors (Lipinski definition) is 2. The van der Waals surface area contributed by atoms with Crippen LogP contribution in [0.3, 0.4) is 0 Å². The molecule has 5 heteroatoms. The summed E-state index contributed by atoms with van der Waals surface area (Å²) in [5, 5.41) is 12.7. The molecule has 2 N–H and O–H groups in total. The zero-order valence-corrected chi connectivity index (χ0v) is 16.8. The van der Waals surface area contributed by atoms with Gasteiger partial charge in [-0.05, 0) is 29.7 Å². The summed E-state index contributed by atoms with van der Waals surface area (Å²) in [4.78, 5) is 12.7. The first-order valence-corrected chi connectivity index (χ1v) is 10.2. The number of aliphatic hydroxyl groups excluding tert-OH is 1. The van der Waals surface area contributed by atoms with Crippen LogP contribution in [0, 0.1) is 0 Å². The molecule has 0 radical (unpaired) electrons. The van der Waals surface area contributed by atoms with Gasteiger partial charge in [-0.1, -0.05) is 72.8 Å². The van der Waals surface area contributed by atoms with Crippen molar-refractivity contribution in [2.24, 2.45) is 0 Å². The Bertz CT molecular complexity index is 1110. The standard InChI is InChI=1S/C25H25N3O2/c29-18-22(15-20-9-3-1-4-10-20)26-25(30)17-28-19-27(16-21-11-5-2-6-12-21)23-13-7-8-14-24(23)28/h1-14,19,22,29H,15-18H2/p+1/t22-/m0/s1. The molecule has 3 aromatic carbocycles. The number of hydrogen-bond acceptors (Lipinski definition) is 2. The van der Waals surface area contributed by atoms with Gasteiger partial charge in [-0.25, -0.2) is 9.13 Å². The topological polar surface area (TPSA) is 58.1 Å². The van der Waals surface area contributed by atoms with Crippen molar-refractivity contribution in [3.8, 4) is 0 Å². The van der Waals surface area contributed by atoms with Gasteiger partial charge in [-0.2, -0.15) is 0 Å². The van der Waals surface area contributed by atoms with Crippen LogP contribution in [-0.2, 0) is 24.3 Å². The molecule has 4 aromatic rings. The van der Waals surface area contributed by atoms with E-state index in [-0.39, 0.29) is 25.1 Å². The predicted octanol–water partition coefficient (Wildman–Crippen LogP) is 2.70. The number of rotatable bonds is 8. The Morgan fingerprint density at radius 3 is 2.23 bits per heavy atom. The van der Waals surface area contributed by atoms with Gasteiger partial charge in [0.25, 0.3) is 5.91 Å². The molecule has 0 saturated carbocycles. The number of aromatic nitrogens is 2. The van der Waals surface area contributed by atoms with Crippen LogP contribution < -0.4 is 9.88 Å². The Labute approximate surface area is 176 Å². The van der Waals surface area contributed by atoms with Crippen LogP contribution in [0.2, 0.25) is 0 Å². The maximum atomic E-state index is 12.7. The monoisotopic (exact) mass is 400 g/mol. The van der Waals surface area contributed by atoms with Gasteiger partial charge in [0.2, 0.25) is 6.33 Å². The van der Waals surface area contributed by atoms with Crippen LogP contribution in [0.1, 0.15) is 11.1 Å². The van der Waals surface area contributed by atoms with Crippen LogP contribution in [0.25, 0.3) is 11.0 Å². The minimum atomic E-state index is -0.307. The molecular formula is C25H26N3O2+. The van der Waals surface area contributed by atoms with Gasteiger partial charge in [-0.15, -0.1) is 0 Å². The quantitative estimate of drug-likeness (QED) is 0.447. The third kappa shape index (κ3) is 4.75. The van der Waals surface area contributed by atoms with Crippen molar-refractivity contribution in [1.82, 2.24) is 9.88 Å². The van der Waals surface area contributed by atoms with E-state index < -0.39 is 0 Å². The van der Waals surface area contributed by atoms with E-state index in [2.05, 4.69) is 28.1 Å². The summed E-state index contributed by atoms with van der Waals surface area (Å²) in [7, 11) is 0. The van der Waals surface area contributed by atoms with Gasteiger partial charge in [-0.3, -0.25) is 4.79 Å². The second kappa shape index (κ2) is 9.37. The normalized spacial score (nSPS) is 12.0. The van der Waals surface area contributed by atoms with E-state index in [1.807, 2.05) is 77.6 Å². The summed E-state index contributed by atoms with van der Waals surface area (Å²) >= 11 is 0. The fraction of sp³-hybridized carbons (Fsp3) is 0.200. The van der Waals surface area contributed by atoms with E-state index in [9.17, 15) is 9.90 Å². The molecule has 0 aliphatic heterocycles. The zero-order chi connectivity index (χ0) is 20.8. The number of nitrogens with zero attached hydrogens (tertiary/aromatic N) is 2. The molecule has 0 aliphatic carbocycles. The lowest BCUT2D eigenvalue weighted by Crippen LogP contribution is -2.41. The molecule has 0 aliphatic rings. The van der Waals surface area contributed by atoms with Crippen molar-refractivity contribution in [2.75, 3.05) is 6.61 Å². The maximum Gasteiger partial charge on any atom is 0.262 e. The molecule has 30 heavy (non-hydrogen) atoms.